The highest BCUT2D eigenvalue weighted by Gasteiger charge is 2.49. The van der Waals surface area contributed by atoms with Crippen molar-refractivity contribution in [2.24, 2.45) is 0 Å². The molecule has 1 aliphatic rings. The number of anilines is 1. The summed E-state index contributed by atoms with van der Waals surface area (Å²) < 4.78 is 0. The van der Waals surface area contributed by atoms with Crippen LogP contribution in [0.5, 0.6) is 0 Å². The van der Waals surface area contributed by atoms with E-state index >= 15 is 0 Å². The molecule has 1 fully saturated rings. The number of piperidine rings is 1. The maximum Gasteiger partial charge on any atom is 0.223 e. The number of nitrogens with zero attached hydrogens (tertiary/aromatic N) is 2. The second-order valence-corrected chi connectivity index (χ2v) is 11.3. The van der Waals surface area contributed by atoms with Crippen LogP contribution in [0.1, 0.15) is 64.8 Å². The molecule has 0 aliphatic carbocycles. The molecule has 1 aliphatic heterocycles. The van der Waals surface area contributed by atoms with E-state index < -0.39 is 0 Å². The first-order chi connectivity index (χ1) is 15.1. The van der Waals surface area contributed by atoms with Crippen LogP contribution >= 0.6 is 11.3 Å². The molecule has 0 atom stereocenters. The van der Waals surface area contributed by atoms with Crippen LogP contribution in [-0.4, -0.2) is 21.0 Å². The average Bonchev–Trinajstić information content (AvgIpc) is 3.23. The summed E-state index contributed by atoms with van der Waals surface area (Å²) in [7, 11) is 0. The van der Waals surface area contributed by atoms with E-state index in [4.69, 9.17) is 0 Å². The fourth-order valence-corrected chi connectivity index (χ4v) is 6.45. The van der Waals surface area contributed by atoms with Gasteiger partial charge in [-0.3, -0.25) is 0 Å². The summed E-state index contributed by atoms with van der Waals surface area (Å²) in [5, 5.41) is 7.58. The zero-order valence-electron chi connectivity index (χ0n) is 20.0. The van der Waals surface area contributed by atoms with Crippen molar-refractivity contribution in [2.45, 2.75) is 71.0 Å². The van der Waals surface area contributed by atoms with Gasteiger partial charge in [0.15, 0.2) is 0 Å². The maximum absolute atomic E-state index is 4.49. The number of allylic oxidation sites excluding steroid dienone is 2. The van der Waals surface area contributed by atoms with E-state index in [1.54, 1.807) is 12.4 Å². The summed E-state index contributed by atoms with van der Waals surface area (Å²) in [5.74, 6) is 0.683. The molecule has 0 radical (unpaired) electrons. The van der Waals surface area contributed by atoms with E-state index in [0.29, 0.717) is 5.95 Å². The van der Waals surface area contributed by atoms with Gasteiger partial charge in [-0.05, 0) is 89.3 Å². The molecule has 1 aromatic carbocycles. The number of hydrogen-bond acceptors (Lipinski definition) is 5. The Morgan fingerprint density at radius 1 is 0.969 bits per heavy atom. The molecule has 3 heterocycles. The Balaban J connectivity index is 1.73. The van der Waals surface area contributed by atoms with Crippen molar-refractivity contribution in [2.75, 3.05) is 5.32 Å². The lowest BCUT2D eigenvalue weighted by molar-refractivity contribution is 0.118. The van der Waals surface area contributed by atoms with Crippen LogP contribution in [0.3, 0.4) is 0 Å². The molecule has 1 saturated heterocycles. The molecule has 168 valence electrons. The fraction of sp³-hybridized carbons (Fsp3) is 0.407. The van der Waals surface area contributed by atoms with Gasteiger partial charge in [0.05, 0.1) is 5.54 Å². The first-order valence-corrected chi connectivity index (χ1v) is 12.1. The van der Waals surface area contributed by atoms with Crippen LogP contribution < -0.4 is 10.6 Å². The molecule has 4 rings (SSSR count). The van der Waals surface area contributed by atoms with Crippen LogP contribution in [-0.2, 0) is 5.54 Å². The number of thiophene rings is 1. The van der Waals surface area contributed by atoms with E-state index in [1.165, 1.54) is 26.5 Å². The Hall–Kier alpha value is -2.50. The summed E-state index contributed by atoms with van der Waals surface area (Å²) in [6.07, 6.45) is 7.64. The second kappa shape index (κ2) is 8.45. The Morgan fingerprint density at radius 3 is 2.19 bits per heavy atom. The zero-order valence-corrected chi connectivity index (χ0v) is 20.8. The van der Waals surface area contributed by atoms with Crippen LogP contribution in [0.15, 0.2) is 60.9 Å². The molecule has 0 saturated carbocycles. The molecule has 4 nitrogen and oxygen atoms in total. The van der Waals surface area contributed by atoms with Gasteiger partial charge in [-0.15, -0.1) is 11.3 Å². The molecule has 0 unspecified atom stereocenters. The van der Waals surface area contributed by atoms with Crippen molar-refractivity contribution in [3.63, 3.8) is 0 Å². The molecular formula is C27H34N4S. The van der Waals surface area contributed by atoms with Crippen LogP contribution in [0.25, 0.3) is 16.0 Å². The highest BCUT2D eigenvalue weighted by Crippen LogP contribution is 2.47. The van der Waals surface area contributed by atoms with Gasteiger partial charge in [0.1, 0.15) is 0 Å². The van der Waals surface area contributed by atoms with Gasteiger partial charge < -0.3 is 10.6 Å². The van der Waals surface area contributed by atoms with E-state index in [-0.39, 0.29) is 16.6 Å². The van der Waals surface area contributed by atoms with Crippen molar-refractivity contribution in [3.8, 4) is 10.4 Å². The van der Waals surface area contributed by atoms with E-state index in [1.807, 2.05) is 17.4 Å². The smallest absolute Gasteiger partial charge is 0.223 e. The van der Waals surface area contributed by atoms with Crippen LogP contribution in [0, 0.1) is 0 Å². The minimum atomic E-state index is -0.246. The molecule has 0 amide bonds. The highest BCUT2D eigenvalue weighted by molar-refractivity contribution is 7.15. The molecule has 0 bridgehead atoms. The SMILES string of the molecule is C/C=C(/C)c1ccc(-c2ccc(C3(Nc4ncccn4)CC(C)(C)NC(C)(C)C3)s2)cc1. The topological polar surface area (TPSA) is 49.8 Å². The lowest BCUT2D eigenvalue weighted by Crippen LogP contribution is -2.64. The normalized spacial score (nSPS) is 19.5. The van der Waals surface area contributed by atoms with Crippen LogP contribution in [0.4, 0.5) is 5.95 Å². The molecular weight excluding hydrogens is 412 g/mol. The number of rotatable bonds is 5. The zero-order chi connectivity index (χ0) is 23.0. The summed E-state index contributed by atoms with van der Waals surface area (Å²) >= 11 is 1.87. The van der Waals surface area contributed by atoms with Crippen molar-refractivity contribution < 1.29 is 0 Å². The lowest BCUT2D eigenvalue weighted by Gasteiger charge is -2.53. The van der Waals surface area contributed by atoms with Gasteiger partial charge in [-0.2, -0.15) is 0 Å². The third kappa shape index (κ3) is 4.79. The molecule has 2 aromatic heterocycles. The van der Waals surface area contributed by atoms with Crippen molar-refractivity contribution in [1.82, 2.24) is 15.3 Å². The molecule has 2 N–H and O–H groups in total. The summed E-state index contributed by atoms with van der Waals surface area (Å²) in [5.41, 5.74) is 3.53. The van der Waals surface area contributed by atoms with E-state index in [2.05, 4.69) is 105 Å². The van der Waals surface area contributed by atoms with E-state index in [9.17, 15) is 0 Å². The maximum atomic E-state index is 4.49. The summed E-state index contributed by atoms with van der Waals surface area (Å²) in [6, 6.07) is 15.3. The van der Waals surface area contributed by atoms with Crippen molar-refractivity contribution in [1.29, 1.82) is 0 Å². The van der Waals surface area contributed by atoms with Gasteiger partial charge in [-0.25, -0.2) is 9.97 Å². The van der Waals surface area contributed by atoms with Crippen molar-refractivity contribution in [3.05, 3.63) is 71.4 Å². The Morgan fingerprint density at radius 2 is 1.59 bits per heavy atom. The first-order valence-electron chi connectivity index (χ1n) is 11.3. The largest absolute Gasteiger partial charge is 0.344 e. The Kier molecular flexibility index (Phi) is 5.99. The molecule has 0 spiro atoms. The predicted molar refractivity (Wildman–Crippen MR) is 137 cm³/mol. The minimum Gasteiger partial charge on any atom is -0.344 e. The number of aromatic nitrogens is 2. The molecule has 32 heavy (non-hydrogen) atoms. The second-order valence-electron chi connectivity index (χ2n) is 10.2. The molecule has 5 heteroatoms. The number of hydrogen-bond donors (Lipinski definition) is 2. The summed E-state index contributed by atoms with van der Waals surface area (Å²) in [6.45, 7) is 13.4. The van der Waals surface area contributed by atoms with Crippen molar-refractivity contribution >= 4 is 22.9 Å². The quantitative estimate of drug-likeness (QED) is 0.449. The van der Waals surface area contributed by atoms with Gasteiger partial charge in [-0.1, -0.05) is 30.3 Å². The number of nitrogens with one attached hydrogen (secondary N) is 2. The van der Waals surface area contributed by atoms with Gasteiger partial charge in [0.2, 0.25) is 5.95 Å². The van der Waals surface area contributed by atoms with E-state index in [0.717, 1.165) is 12.8 Å². The minimum absolute atomic E-state index is 0.0284. The first kappa shape index (κ1) is 22.7. The monoisotopic (exact) mass is 446 g/mol. The lowest BCUT2D eigenvalue weighted by atomic mass is 9.70. The third-order valence-electron chi connectivity index (χ3n) is 6.22. The Labute approximate surface area is 196 Å². The number of benzene rings is 1. The Bertz CT molecular complexity index is 1080. The van der Waals surface area contributed by atoms with Gasteiger partial charge in [0.25, 0.3) is 0 Å². The van der Waals surface area contributed by atoms with Gasteiger partial charge >= 0.3 is 0 Å². The predicted octanol–water partition coefficient (Wildman–Crippen LogP) is 6.88. The summed E-state index contributed by atoms with van der Waals surface area (Å²) in [4.78, 5) is 11.6. The highest BCUT2D eigenvalue weighted by atomic mass is 32.1. The van der Waals surface area contributed by atoms with Crippen LogP contribution in [0.2, 0.25) is 0 Å². The third-order valence-corrected chi connectivity index (χ3v) is 7.55. The average molecular weight is 447 g/mol. The molecule has 3 aromatic rings. The fourth-order valence-electron chi connectivity index (χ4n) is 5.29. The standard InChI is InChI=1S/C27H34N4S/c1-7-19(2)20-9-11-21(12-10-20)22-13-14-23(32-22)27(30-24-28-15-8-16-29-24)17-25(3,4)31-26(5,6)18-27/h7-16,31H,17-18H2,1-6H3,(H,28,29,30)/b19-7-. The van der Waals surface area contributed by atoms with Gasteiger partial charge in [0, 0.05) is 33.2 Å².